The van der Waals surface area contributed by atoms with Crippen LogP contribution >= 0.6 is 20.2 Å². The molecule has 3 nitrogen and oxygen atoms in total. The number of para-hydroxylation sites is 2. The van der Waals surface area contributed by atoms with Gasteiger partial charge in [0.1, 0.15) is 11.5 Å². The van der Waals surface area contributed by atoms with Gasteiger partial charge in [-0.25, -0.2) is 9.98 Å². The van der Waals surface area contributed by atoms with E-state index in [-0.39, 0.29) is 13.1 Å². The van der Waals surface area contributed by atoms with E-state index in [0.29, 0.717) is 0 Å². The van der Waals surface area contributed by atoms with E-state index in [4.69, 9.17) is 34.6 Å². The van der Waals surface area contributed by atoms with Gasteiger partial charge in [-0.3, -0.25) is 0 Å². The number of nitrogens with zero attached hydrogens (tertiary/aromatic N) is 2. The van der Waals surface area contributed by atoms with Gasteiger partial charge in [0, 0.05) is 0 Å². The summed E-state index contributed by atoms with van der Waals surface area (Å²) in [4.78, 5) is 9.53. The molecule has 0 aliphatic heterocycles. The molecule has 0 N–H and O–H groups in total. The Kier molecular flexibility index (Phi) is 10.4. The Morgan fingerprint density at radius 1 is 0.733 bits per heavy atom. The monoisotopic (exact) mass is 484 g/mol. The van der Waals surface area contributed by atoms with E-state index in [1.54, 1.807) is 0 Å². The van der Waals surface area contributed by atoms with Gasteiger partial charge < -0.3 is 4.42 Å². The molecular formula is C24H26Cl2FeN2O. The molecule has 0 saturated heterocycles. The summed E-state index contributed by atoms with van der Waals surface area (Å²) in [7, 11) is 9.53. The molecule has 0 amide bonds. The first kappa shape index (κ1) is 24.4. The number of hydrogen-bond acceptors (Lipinski definition) is 3. The molecule has 2 aromatic carbocycles. The molecule has 0 radical (unpaired) electrons. The molecule has 0 fully saturated rings. The average Bonchev–Trinajstić information content (AvgIpc) is 3.26. The van der Waals surface area contributed by atoms with Gasteiger partial charge >= 0.3 is 33.3 Å². The molecule has 0 bridgehead atoms. The SMILES string of the molecule is CCc1ccccc1N=C(C)c1ccc(C(C)=Nc2ccccc2CC)o1.[Cl][Fe][Cl]. The van der Waals surface area contributed by atoms with Gasteiger partial charge in [-0.2, -0.15) is 0 Å². The summed E-state index contributed by atoms with van der Waals surface area (Å²) in [5, 5.41) is 0. The van der Waals surface area contributed by atoms with Crippen molar-refractivity contribution >= 4 is 43.0 Å². The number of aryl methyl sites for hydroxylation is 2. The summed E-state index contributed by atoms with van der Waals surface area (Å²) >= 11 is 0.194. The van der Waals surface area contributed by atoms with Crippen LogP contribution in [0.3, 0.4) is 0 Å². The summed E-state index contributed by atoms with van der Waals surface area (Å²) < 4.78 is 6.04. The minimum atomic E-state index is 0.194. The molecule has 0 atom stereocenters. The van der Waals surface area contributed by atoms with Crippen molar-refractivity contribution in [2.45, 2.75) is 40.5 Å². The zero-order valence-corrected chi connectivity index (χ0v) is 20.2. The van der Waals surface area contributed by atoms with Crippen molar-refractivity contribution in [3.8, 4) is 0 Å². The van der Waals surface area contributed by atoms with Crippen molar-refractivity contribution in [1.29, 1.82) is 0 Å². The molecule has 3 aromatic rings. The van der Waals surface area contributed by atoms with Crippen LogP contribution in [0, 0.1) is 0 Å². The Balaban J connectivity index is 0.00000101. The third-order valence-electron chi connectivity index (χ3n) is 4.64. The van der Waals surface area contributed by atoms with Crippen molar-refractivity contribution in [2.24, 2.45) is 9.98 Å². The summed E-state index contributed by atoms with van der Waals surface area (Å²) in [5.74, 6) is 1.54. The molecule has 30 heavy (non-hydrogen) atoms. The van der Waals surface area contributed by atoms with Crippen LogP contribution in [-0.4, -0.2) is 11.4 Å². The predicted molar refractivity (Wildman–Crippen MR) is 126 cm³/mol. The Morgan fingerprint density at radius 3 is 1.47 bits per heavy atom. The predicted octanol–water partition coefficient (Wildman–Crippen LogP) is 8.06. The van der Waals surface area contributed by atoms with Gasteiger partial charge in [0.15, 0.2) is 0 Å². The Morgan fingerprint density at radius 2 is 1.10 bits per heavy atom. The van der Waals surface area contributed by atoms with E-state index in [9.17, 15) is 0 Å². The quantitative estimate of drug-likeness (QED) is 0.257. The number of rotatable bonds is 6. The fourth-order valence-electron chi connectivity index (χ4n) is 3.04. The summed E-state index contributed by atoms with van der Waals surface area (Å²) in [6.45, 7) is 8.24. The number of aliphatic imine (C=N–C) groups is 2. The Bertz CT molecular complexity index is 934. The summed E-state index contributed by atoms with van der Waals surface area (Å²) in [6.07, 6.45) is 1.91. The van der Waals surface area contributed by atoms with Crippen LogP contribution < -0.4 is 0 Å². The van der Waals surface area contributed by atoms with Gasteiger partial charge in [0.25, 0.3) is 0 Å². The van der Waals surface area contributed by atoms with Crippen molar-refractivity contribution in [3.05, 3.63) is 83.3 Å². The van der Waals surface area contributed by atoms with Gasteiger partial charge in [-0.15, -0.1) is 0 Å². The minimum absolute atomic E-state index is 0.194. The van der Waals surface area contributed by atoms with Gasteiger partial charge in [-0.05, 0) is 62.1 Å². The Labute approximate surface area is 193 Å². The van der Waals surface area contributed by atoms with Gasteiger partial charge in [-0.1, -0.05) is 50.2 Å². The van der Waals surface area contributed by atoms with E-state index in [2.05, 4.69) is 26.0 Å². The van der Waals surface area contributed by atoms with Crippen LogP contribution in [0.5, 0.6) is 0 Å². The van der Waals surface area contributed by atoms with Crippen LogP contribution in [0.25, 0.3) is 0 Å². The zero-order chi connectivity index (χ0) is 21.9. The topological polar surface area (TPSA) is 37.9 Å². The van der Waals surface area contributed by atoms with Crippen LogP contribution in [0.4, 0.5) is 11.4 Å². The molecule has 3 rings (SSSR count). The molecular weight excluding hydrogens is 459 g/mol. The average molecular weight is 485 g/mol. The summed E-state index contributed by atoms with van der Waals surface area (Å²) in [6, 6.07) is 20.4. The van der Waals surface area contributed by atoms with Crippen molar-refractivity contribution < 1.29 is 17.6 Å². The molecule has 0 unspecified atom stereocenters. The second-order valence-electron chi connectivity index (χ2n) is 6.57. The molecule has 1 aromatic heterocycles. The second-order valence-corrected chi connectivity index (χ2v) is 8.40. The number of halogens is 2. The molecule has 0 aliphatic carbocycles. The van der Waals surface area contributed by atoms with Crippen LogP contribution in [0.2, 0.25) is 0 Å². The fourth-order valence-corrected chi connectivity index (χ4v) is 3.04. The molecule has 0 spiro atoms. The fraction of sp³-hybridized carbons (Fsp3) is 0.250. The van der Waals surface area contributed by atoms with Gasteiger partial charge in [0.05, 0.1) is 22.8 Å². The first-order valence-corrected chi connectivity index (χ1v) is 12.8. The van der Waals surface area contributed by atoms with E-state index < -0.39 is 0 Å². The van der Waals surface area contributed by atoms with E-state index in [1.807, 2.05) is 62.4 Å². The van der Waals surface area contributed by atoms with Crippen LogP contribution in [0.1, 0.15) is 50.3 Å². The third-order valence-corrected chi connectivity index (χ3v) is 4.64. The Hall–Kier alpha value is -1.84. The van der Waals surface area contributed by atoms with Crippen molar-refractivity contribution in [3.63, 3.8) is 0 Å². The van der Waals surface area contributed by atoms with Crippen LogP contribution in [0.15, 0.2) is 75.1 Å². The van der Waals surface area contributed by atoms with Gasteiger partial charge in [0.2, 0.25) is 0 Å². The standard InChI is InChI=1S/C24H26N2O.2ClH.Fe/c1-5-19-11-7-9-13-21(19)25-17(3)23-15-16-24(27-23)18(4)26-22-14-10-8-12-20(22)6-2;;;/h7-16H,5-6H2,1-4H3;2*1H;/q;;;+2/p-2. The molecule has 1 heterocycles. The van der Waals surface area contributed by atoms with Crippen molar-refractivity contribution in [1.82, 2.24) is 0 Å². The molecule has 0 saturated carbocycles. The number of benzene rings is 2. The normalized spacial score (nSPS) is 11.9. The summed E-state index contributed by atoms with van der Waals surface area (Å²) in [5.41, 5.74) is 6.19. The van der Waals surface area contributed by atoms with Crippen molar-refractivity contribution in [2.75, 3.05) is 0 Å². The van der Waals surface area contributed by atoms with Crippen LogP contribution in [-0.2, 0) is 26.0 Å². The zero-order valence-electron chi connectivity index (χ0n) is 17.6. The third kappa shape index (κ3) is 6.85. The van der Waals surface area contributed by atoms with E-state index >= 15 is 0 Å². The second kappa shape index (κ2) is 12.8. The maximum atomic E-state index is 6.04. The number of hydrogen-bond donors (Lipinski definition) is 0. The molecule has 6 heteroatoms. The maximum absolute atomic E-state index is 6.04. The van der Waals surface area contributed by atoms with E-state index in [0.717, 1.165) is 47.2 Å². The number of furan rings is 1. The first-order valence-electron chi connectivity index (χ1n) is 9.76. The first-order chi connectivity index (χ1) is 14.5. The van der Waals surface area contributed by atoms with E-state index in [1.165, 1.54) is 11.1 Å². The molecule has 160 valence electrons. The molecule has 0 aliphatic rings.